The van der Waals surface area contributed by atoms with E-state index in [0.29, 0.717) is 23.7 Å². The van der Waals surface area contributed by atoms with E-state index < -0.39 is 0 Å². The first kappa shape index (κ1) is 14.7. The van der Waals surface area contributed by atoms with Gasteiger partial charge >= 0.3 is 0 Å². The van der Waals surface area contributed by atoms with Crippen LogP contribution in [-0.4, -0.2) is 44.1 Å². The van der Waals surface area contributed by atoms with Gasteiger partial charge in [-0.2, -0.15) is 0 Å². The van der Waals surface area contributed by atoms with Gasteiger partial charge in [0.1, 0.15) is 17.3 Å². The molecule has 0 radical (unpaired) electrons. The molecule has 0 unspecified atom stereocenters. The van der Waals surface area contributed by atoms with Crippen molar-refractivity contribution < 1.29 is 9.47 Å². The molecule has 1 heterocycles. The van der Waals surface area contributed by atoms with Gasteiger partial charge in [-0.1, -0.05) is 0 Å². The van der Waals surface area contributed by atoms with Crippen molar-refractivity contribution >= 4 is 5.84 Å². The molecule has 1 aromatic carbocycles. The topological polar surface area (TPSA) is 71.6 Å². The number of rotatable bonds is 7. The van der Waals surface area contributed by atoms with Crippen molar-refractivity contribution in [1.29, 1.82) is 5.41 Å². The summed E-state index contributed by atoms with van der Waals surface area (Å²) in [5, 5.41) is 7.49. The highest BCUT2D eigenvalue weighted by Crippen LogP contribution is 2.22. The van der Waals surface area contributed by atoms with Crippen LogP contribution in [0.4, 0.5) is 0 Å². The number of hydrogen-bond acceptors (Lipinski definition) is 4. The first-order valence-corrected chi connectivity index (χ1v) is 7.07. The average molecular weight is 277 g/mol. The van der Waals surface area contributed by atoms with Crippen molar-refractivity contribution in [2.45, 2.75) is 19.3 Å². The highest BCUT2D eigenvalue weighted by atomic mass is 16.5. The largest absolute Gasteiger partial charge is 0.497 e. The molecule has 1 aliphatic rings. The maximum absolute atomic E-state index is 7.49. The van der Waals surface area contributed by atoms with E-state index >= 15 is 0 Å². The third-order valence-electron chi connectivity index (χ3n) is 3.51. The van der Waals surface area contributed by atoms with E-state index in [1.165, 1.54) is 25.9 Å². The zero-order valence-corrected chi connectivity index (χ0v) is 12.0. The van der Waals surface area contributed by atoms with Gasteiger partial charge in [-0.05, 0) is 44.5 Å². The lowest BCUT2D eigenvalue weighted by molar-refractivity contribution is 0.262. The molecule has 20 heavy (non-hydrogen) atoms. The molecule has 1 fully saturated rings. The molecule has 1 saturated heterocycles. The minimum Gasteiger partial charge on any atom is -0.497 e. The quantitative estimate of drug-likeness (QED) is 0.453. The number of nitrogens with one attached hydrogen (secondary N) is 1. The van der Waals surface area contributed by atoms with Crippen LogP contribution in [0.2, 0.25) is 0 Å². The molecule has 0 bridgehead atoms. The van der Waals surface area contributed by atoms with Crippen LogP contribution in [0.15, 0.2) is 18.2 Å². The molecule has 0 atom stereocenters. The average Bonchev–Trinajstić information content (AvgIpc) is 2.96. The van der Waals surface area contributed by atoms with Crippen molar-refractivity contribution in [3.05, 3.63) is 23.8 Å². The number of nitrogens with zero attached hydrogens (tertiary/aromatic N) is 1. The molecule has 0 amide bonds. The molecule has 5 heteroatoms. The van der Waals surface area contributed by atoms with E-state index in [4.69, 9.17) is 20.6 Å². The fraction of sp³-hybridized carbons (Fsp3) is 0.533. The number of ether oxygens (including phenoxy) is 2. The van der Waals surface area contributed by atoms with Gasteiger partial charge in [-0.25, -0.2) is 0 Å². The van der Waals surface area contributed by atoms with Crippen LogP contribution in [0, 0.1) is 5.41 Å². The first-order chi connectivity index (χ1) is 9.69. The van der Waals surface area contributed by atoms with Gasteiger partial charge in [0, 0.05) is 18.2 Å². The number of methoxy groups -OCH3 is 1. The normalized spacial score (nSPS) is 15.2. The molecular weight excluding hydrogens is 254 g/mol. The maximum atomic E-state index is 7.49. The number of benzene rings is 1. The van der Waals surface area contributed by atoms with Crippen molar-refractivity contribution in [2.24, 2.45) is 5.73 Å². The van der Waals surface area contributed by atoms with E-state index in [-0.39, 0.29) is 5.84 Å². The second kappa shape index (κ2) is 7.14. The van der Waals surface area contributed by atoms with Crippen molar-refractivity contribution in [3.8, 4) is 11.5 Å². The Hall–Kier alpha value is -1.75. The summed E-state index contributed by atoms with van der Waals surface area (Å²) in [5.74, 6) is 1.38. The van der Waals surface area contributed by atoms with E-state index in [1.807, 2.05) is 6.07 Å². The van der Waals surface area contributed by atoms with Gasteiger partial charge in [0.2, 0.25) is 0 Å². The summed E-state index contributed by atoms with van der Waals surface area (Å²) in [6.07, 6.45) is 3.64. The Morgan fingerprint density at radius 3 is 2.60 bits per heavy atom. The Kier molecular flexibility index (Phi) is 5.24. The lowest BCUT2D eigenvalue weighted by atomic mass is 10.2. The summed E-state index contributed by atoms with van der Waals surface area (Å²) in [4.78, 5) is 2.47. The number of likely N-dealkylation sites (tertiary alicyclic amines) is 1. The summed E-state index contributed by atoms with van der Waals surface area (Å²) in [6, 6.07) is 5.34. The molecule has 1 aliphatic heterocycles. The minimum atomic E-state index is 0.0193. The molecule has 0 aromatic heterocycles. The minimum absolute atomic E-state index is 0.0193. The molecule has 2 rings (SSSR count). The van der Waals surface area contributed by atoms with Crippen molar-refractivity contribution in [2.75, 3.05) is 33.4 Å². The SMILES string of the molecule is COc1cc(OCCCN2CCCC2)cc(C(=N)N)c1. The van der Waals surface area contributed by atoms with Crippen LogP contribution in [0.1, 0.15) is 24.8 Å². The van der Waals surface area contributed by atoms with Crippen LogP contribution in [0.3, 0.4) is 0 Å². The Bertz CT molecular complexity index is 456. The second-order valence-electron chi connectivity index (χ2n) is 5.06. The van der Waals surface area contributed by atoms with E-state index in [2.05, 4.69) is 4.90 Å². The number of nitrogens with two attached hydrogens (primary N) is 1. The predicted octanol–water partition coefficient (Wildman–Crippen LogP) is 1.84. The Morgan fingerprint density at radius 2 is 1.95 bits per heavy atom. The number of hydrogen-bond donors (Lipinski definition) is 2. The summed E-state index contributed by atoms with van der Waals surface area (Å²) >= 11 is 0. The van der Waals surface area contributed by atoms with Crippen LogP contribution < -0.4 is 15.2 Å². The monoisotopic (exact) mass is 277 g/mol. The van der Waals surface area contributed by atoms with Gasteiger partial charge in [0.15, 0.2) is 0 Å². The number of nitrogen functional groups attached to an aromatic ring is 1. The lowest BCUT2D eigenvalue weighted by Gasteiger charge is -2.15. The van der Waals surface area contributed by atoms with Gasteiger partial charge in [-0.3, -0.25) is 5.41 Å². The third-order valence-corrected chi connectivity index (χ3v) is 3.51. The Morgan fingerprint density at radius 1 is 1.25 bits per heavy atom. The summed E-state index contributed by atoms with van der Waals surface area (Å²) in [6.45, 7) is 4.19. The molecule has 5 nitrogen and oxygen atoms in total. The summed E-state index contributed by atoms with van der Waals surface area (Å²) < 4.78 is 10.9. The van der Waals surface area contributed by atoms with Crippen molar-refractivity contribution in [1.82, 2.24) is 4.90 Å². The van der Waals surface area contributed by atoms with E-state index in [1.54, 1.807) is 19.2 Å². The number of amidine groups is 1. The Balaban J connectivity index is 1.84. The fourth-order valence-electron chi connectivity index (χ4n) is 2.41. The molecule has 3 N–H and O–H groups in total. The second-order valence-corrected chi connectivity index (χ2v) is 5.06. The highest BCUT2D eigenvalue weighted by Gasteiger charge is 2.10. The molecule has 0 saturated carbocycles. The maximum Gasteiger partial charge on any atom is 0.123 e. The molecule has 0 aliphatic carbocycles. The summed E-state index contributed by atoms with van der Waals surface area (Å²) in [5.41, 5.74) is 6.13. The lowest BCUT2D eigenvalue weighted by Crippen LogP contribution is -2.22. The molecular formula is C15H23N3O2. The van der Waals surface area contributed by atoms with Gasteiger partial charge in [0.25, 0.3) is 0 Å². The van der Waals surface area contributed by atoms with Gasteiger partial charge in [0.05, 0.1) is 13.7 Å². The van der Waals surface area contributed by atoms with Gasteiger partial charge in [-0.15, -0.1) is 0 Å². The zero-order valence-electron chi connectivity index (χ0n) is 12.0. The van der Waals surface area contributed by atoms with Gasteiger partial charge < -0.3 is 20.1 Å². The van der Waals surface area contributed by atoms with Crippen LogP contribution in [0.5, 0.6) is 11.5 Å². The Labute approximate surface area is 120 Å². The molecule has 110 valence electrons. The van der Waals surface area contributed by atoms with E-state index in [9.17, 15) is 0 Å². The smallest absolute Gasteiger partial charge is 0.123 e. The highest BCUT2D eigenvalue weighted by molar-refractivity contribution is 5.95. The van der Waals surface area contributed by atoms with Crippen LogP contribution >= 0.6 is 0 Å². The van der Waals surface area contributed by atoms with E-state index in [0.717, 1.165) is 13.0 Å². The zero-order chi connectivity index (χ0) is 14.4. The van der Waals surface area contributed by atoms with Crippen LogP contribution in [0.25, 0.3) is 0 Å². The third kappa shape index (κ3) is 4.13. The standard InChI is InChI=1S/C15H23N3O2/c1-19-13-9-12(15(16)17)10-14(11-13)20-8-4-7-18-5-2-3-6-18/h9-11H,2-8H2,1H3,(H3,16,17). The summed E-state index contributed by atoms with van der Waals surface area (Å²) in [7, 11) is 1.59. The van der Waals surface area contributed by atoms with Crippen LogP contribution in [-0.2, 0) is 0 Å². The fourth-order valence-corrected chi connectivity index (χ4v) is 2.41. The molecule has 1 aromatic rings. The predicted molar refractivity (Wildman–Crippen MR) is 79.8 cm³/mol. The van der Waals surface area contributed by atoms with Crippen molar-refractivity contribution in [3.63, 3.8) is 0 Å². The first-order valence-electron chi connectivity index (χ1n) is 7.07. The molecule has 0 spiro atoms.